The van der Waals surface area contributed by atoms with Crippen LogP contribution in [0.25, 0.3) is 0 Å². The van der Waals surface area contributed by atoms with Gasteiger partial charge < -0.3 is 10.2 Å². The number of carbonyl (C=O) groups excluding carboxylic acids is 2. The number of pyridine rings is 1. The van der Waals surface area contributed by atoms with E-state index in [4.69, 9.17) is 17.4 Å². The third-order valence-electron chi connectivity index (χ3n) is 3.52. The molecule has 0 aliphatic heterocycles. The molecule has 1 aromatic heterocycles. The van der Waals surface area contributed by atoms with Crippen LogP contribution in [0, 0.1) is 0 Å². The number of nitrogens with one attached hydrogen (secondary N) is 1. The van der Waals surface area contributed by atoms with E-state index >= 15 is 0 Å². The summed E-state index contributed by atoms with van der Waals surface area (Å²) < 4.78 is 0. The molecule has 0 saturated heterocycles. The Kier molecular flexibility index (Phi) is 9.65. The summed E-state index contributed by atoms with van der Waals surface area (Å²) in [6.07, 6.45) is 1.48. The van der Waals surface area contributed by atoms with Gasteiger partial charge in [-0.2, -0.15) is 0 Å². The minimum Gasteiger partial charge on any atom is -0.339 e. The van der Waals surface area contributed by atoms with Crippen LogP contribution in [0.1, 0.15) is 49.8 Å². The van der Waals surface area contributed by atoms with Gasteiger partial charge in [-0.1, -0.05) is 11.6 Å². The summed E-state index contributed by atoms with van der Waals surface area (Å²) in [6, 6.07) is 0.735. The van der Waals surface area contributed by atoms with Gasteiger partial charge in [-0.15, -0.1) is 12.4 Å². The first kappa shape index (κ1) is 22.4. The second-order valence-corrected chi connectivity index (χ2v) is 5.43. The van der Waals surface area contributed by atoms with Gasteiger partial charge in [0.1, 0.15) is 0 Å². The van der Waals surface area contributed by atoms with E-state index in [1.54, 1.807) is 24.8 Å². The molecule has 3 amide bonds. The molecular formula is C15H25Cl2N5O2. The summed E-state index contributed by atoms with van der Waals surface area (Å²) in [5.74, 6) is 5.41. The molecular weight excluding hydrogens is 353 g/mol. The lowest BCUT2D eigenvalue weighted by Crippen LogP contribution is -2.45. The van der Waals surface area contributed by atoms with Crippen LogP contribution in [-0.4, -0.2) is 46.5 Å². The zero-order valence-corrected chi connectivity index (χ0v) is 15.9. The molecule has 9 heteroatoms. The monoisotopic (exact) mass is 377 g/mol. The number of nitrogens with zero attached hydrogens (tertiary/aromatic N) is 3. The normalized spacial score (nSPS) is 11.2. The number of nitrogens with two attached hydrogens (primary N) is 1. The topological polar surface area (TPSA) is 91.6 Å². The van der Waals surface area contributed by atoms with Crippen LogP contribution >= 0.6 is 24.0 Å². The maximum atomic E-state index is 12.3. The van der Waals surface area contributed by atoms with Gasteiger partial charge in [0.15, 0.2) is 0 Å². The Morgan fingerprint density at radius 1 is 1.29 bits per heavy atom. The number of urea groups is 1. The Labute approximate surface area is 153 Å². The lowest BCUT2D eigenvalue weighted by Gasteiger charge is -2.21. The first-order valence-corrected chi connectivity index (χ1v) is 8.00. The number of carbonyl (C=O) groups is 2. The second-order valence-electron chi connectivity index (χ2n) is 5.03. The molecule has 0 spiro atoms. The molecule has 1 atom stereocenters. The molecule has 0 aromatic carbocycles. The third kappa shape index (κ3) is 5.51. The SMILES string of the molecule is CCN(N)C(=O)N[C@H](C)c1ncc(C(=O)N(CC)CC)cc1Cl.Cl. The molecule has 24 heavy (non-hydrogen) atoms. The van der Waals surface area contributed by atoms with Crippen molar-refractivity contribution < 1.29 is 9.59 Å². The molecule has 3 N–H and O–H groups in total. The summed E-state index contributed by atoms with van der Waals surface area (Å²) in [7, 11) is 0. The molecule has 0 aliphatic rings. The number of hydrogen-bond donors (Lipinski definition) is 2. The van der Waals surface area contributed by atoms with Crippen molar-refractivity contribution in [3.63, 3.8) is 0 Å². The van der Waals surface area contributed by atoms with E-state index in [1.165, 1.54) is 6.20 Å². The van der Waals surface area contributed by atoms with Gasteiger partial charge in [-0.25, -0.2) is 10.6 Å². The maximum Gasteiger partial charge on any atom is 0.332 e. The summed E-state index contributed by atoms with van der Waals surface area (Å²) >= 11 is 6.23. The van der Waals surface area contributed by atoms with E-state index < -0.39 is 12.1 Å². The highest BCUT2D eigenvalue weighted by molar-refractivity contribution is 6.31. The molecule has 0 saturated carbocycles. The average Bonchev–Trinajstić information content (AvgIpc) is 2.54. The summed E-state index contributed by atoms with van der Waals surface area (Å²) in [6.45, 7) is 8.96. The van der Waals surface area contributed by atoms with Crippen LogP contribution in [0.15, 0.2) is 12.3 Å². The lowest BCUT2D eigenvalue weighted by atomic mass is 10.1. The zero-order valence-electron chi connectivity index (χ0n) is 14.4. The van der Waals surface area contributed by atoms with Crippen LogP contribution in [0.4, 0.5) is 4.79 Å². The van der Waals surface area contributed by atoms with Gasteiger partial charge in [-0.3, -0.25) is 14.8 Å². The van der Waals surface area contributed by atoms with Gasteiger partial charge in [0.2, 0.25) is 0 Å². The molecule has 0 radical (unpaired) electrons. The standard InChI is InChI=1S/C15H24ClN5O2.ClH/c1-5-20(6-2)14(22)11-8-12(16)13(18-9-11)10(4)19-15(23)21(17)7-3;/h8-10H,5-7,17H2,1-4H3,(H,19,23);1H/t10-;/m1./s1. The fourth-order valence-corrected chi connectivity index (χ4v) is 2.39. The number of aromatic nitrogens is 1. The van der Waals surface area contributed by atoms with Crippen LogP contribution in [0.3, 0.4) is 0 Å². The lowest BCUT2D eigenvalue weighted by molar-refractivity contribution is 0.0772. The smallest absolute Gasteiger partial charge is 0.332 e. The molecule has 1 aromatic rings. The maximum absolute atomic E-state index is 12.3. The predicted molar refractivity (Wildman–Crippen MR) is 97.3 cm³/mol. The van der Waals surface area contributed by atoms with Crippen molar-refractivity contribution in [2.45, 2.75) is 33.7 Å². The number of hydrogen-bond acceptors (Lipinski definition) is 4. The van der Waals surface area contributed by atoms with Crippen molar-refractivity contribution in [3.05, 3.63) is 28.5 Å². The van der Waals surface area contributed by atoms with Gasteiger partial charge in [0.25, 0.3) is 5.91 Å². The summed E-state index contributed by atoms with van der Waals surface area (Å²) in [4.78, 5) is 30.0. The number of hydrazine groups is 1. The molecule has 1 heterocycles. The Hall–Kier alpha value is -1.57. The highest BCUT2D eigenvalue weighted by Crippen LogP contribution is 2.22. The Morgan fingerprint density at radius 3 is 2.33 bits per heavy atom. The number of halogens is 2. The second kappa shape index (κ2) is 10.3. The van der Waals surface area contributed by atoms with Crippen molar-refractivity contribution in [2.24, 2.45) is 5.84 Å². The molecule has 7 nitrogen and oxygen atoms in total. The average molecular weight is 378 g/mol. The van der Waals surface area contributed by atoms with E-state index in [1.807, 2.05) is 13.8 Å². The Bertz CT molecular complexity index is 567. The number of rotatable bonds is 6. The molecule has 136 valence electrons. The molecule has 0 bridgehead atoms. The van der Waals surface area contributed by atoms with Gasteiger partial charge >= 0.3 is 6.03 Å². The third-order valence-corrected chi connectivity index (χ3v) is 3.82. The quantitative estimate of drug-likeness (QED) is 0.452. The molecule has 0 fully saturated rings. The summed E-state index contributed by atoms with van der Waals surface area (Å²) in [5, 5.41) is 4.09. The Morgan fingerprint density at radius 2 is 1.88 bits per heavy atom. The van der Waals surface area contributed by atoms with Crippen molar-refractivity contribution in [2.75, 3.05) is 19.6 Å². The first-order chi connectivity index (χ1) is 10.8. The van der Waals surface area contributed by atoms with E-state index in [2.05, 4.69) is 10.3 Å². The number of amides is 3. The Balaban J connectivity index is 0.00000529. The van der Waals surface area contributed by atoms with E-state index in [0.717, 1.165) is 5.01 Å². The zero-order chi connectivity index (χ0) is 17.6. The fourth-order valence-electron chi connectivity index (χ4n) is 2.06. The van der Waals surface area contributed by atoms with Crippen molar-refractivity contribution in [1.82, 2.24) is 20.2 Å². The van der Waals surface area contributed by atoms with Crippen molar-refractivity contribution in [1.29, 1.82) is 0 Å². The largest absolute Gasteiger partial charge is 0.339 e. The first-order valence-electron chi connectivity index (χ1n) is 7.63. The van der Waals surface area contributed by atoms with E-state index in [9.17, 15) is 9.59 Å². The van der Waals surface area contributed by atoms with Gasteiger partial charge in [0, 0.05) is 25.8 Å². The highest BCUT2D eigenvalue weighted by Gasteiger charge is 2.19. The molecule has 0 aliphatic carbocycles. The van der Waals surface area contributed by atoms with Crippen LogP contribution in [0.5, 0.6) is 0 Å². The highest BCUT2D eigenvalue weighted by atomic mass is 35.5. The summed E-state index contributed by atoms with van der Waals surface area (Å²) in [5.41, 5.74) is 0.913. The van der Waals surface area contributed by atoms with Crippen molar-refractivity contribution in [3.8, 4) is 0 Å². The predicted octanol–water partition coefficient (Wildman–Crippen LogP) is 2.61. The van der Waals surface area contributed by atoms with Crippen molar-refractivity contribution >= 4 is 35.9 Å². The van der Waals surface area contributed by atoms with Crippen LogP contribution in [0.2, 0.25) is 5.02 Å². The fraction of sp³-hybridized carbons (Fsp3) is 0.533. The van der Waals surface area contributed by atoms with Gasteiger partial charge in [0.05, 0.1) is 22.3 Å². The molecule has 1 rings (SSSR count). The molecule has 0 unspecified atom stereocenters. The van der Waals surface area contributed by atoms with E-state index in [-0.39, 0.29) is 18.3 Å². The minimum absolute atomic E-state index is 0. The van der Waals surface area contributed by atoms with Crippen LogP contribution < -0.4 is 11.2 Å². The van der Waals surface area contributed by atoms with Gasteiger partial charge in [-0.05, 0) is 33.8 Å². The van der Waals surface area contributed by atoms with E-state index in [0.29, 0.717) is 35.9 Å². The van der Waals surface area contributed by atoms with Crippen LogP contribution in [-0.2, 0) is 0 Å². The minimum atomic E-state index is -0.426.